The molecule has 0 atom stereocenters. The van der Waals surface area contributed by atoms with Gasteiger partial charge in [-0.25, -0.2) is 12.8 Å². The first-order valence-corrected chi connectivity index (χ1v) is 8.83. The van der Waals surface area contributed by atoms with E-state index < -0.39 is 15.8 Å². The molecule has 0 aliphatic heterocycles. The van der Waals surface area contributed by atoms with E-state index in [0.29, 0.717) is 24.6 Å². The summed E-state index contributed by atoms with van der Waals surface area (Å²) >= 11 is 0. The zero-order valence-electron chi connectivity index (χ0n) is 12.6. The molecule has 21 heavy (non-hydrogen) atoms. The standard InChI is InChI=1S/C15H23FN2O2S/c1-3-18(10-12-5-4-6-12)21(19,20)14-7-11(2)15(16)13(8-14)9-17/h7-8,12H,3-6,9-10,17H2,1-2H3. The SMILES string of the molecule is CCN(CC1CCC1)S(=O)(=O)c1cc(C)c(F)c(CN)c1. The highest BCUT2D eigenvalue weighted by atomic mass is 32.2. The minimum Gasteiger partial charge on any atom is -0.326 e. The highest BCUT2D eigenvalue weighted by Gasteiger charge is 2.29. The third-order valence-electron chi connectivity index (χ3n) is 4.20. The summed E-state index contributed by atoms with van der Waals surface area (Å²) in [5.74, 6) is 0.0359. The van der Waals surface area contributed by atoms with Crippen molar-refractivity contribution in [2.45, 2.75) is 44.6 Å². The summed E-state index contributed by atoms with van der Waals surface area (Å²) in [5.41, 5.74) is 6.06. The van der Waals surface area contributed by atoms with Gasteiger partial charge in [0.2, 0.25) is 10.0 Å². The van der Waals surface area contributed by atoms with Gasteiger partial charge >= 0.3 is 0 Å². The highest BCUT2D eigenvalue weighted by molar-refractivity contribution is 7.89. The maximum Gasteiger partial charge on any atom is 0.243 e. The number of rotatable bonds is 6. The molecule has 0 radical (unpaired) electrons. The lowest BCUT2D eigenvalue weighted by Gasteiger charge is -2.31. The van der Waals surface area contributed by atoms with E-state index in [1.807, 2.05) is 6.92 Å². The first kappa shape index (κ1) is 16.4. The second-order valence-corrected chi connectivity index (χ2v) is 7.61. The van der Waals surface area contributed by atoms with Crippen LogP contribution in [0.3, 0.4) is 0 Å². The van der Waals surface area contributed by atoms with Gasteiger partial charge in [-0.05, 0) is 43.4 Å². The van der Waals surface area contributed by atoms with Crippen LogP contribution in [0.4, 0.5) is 4.39 Å². The molecule has 2 rings (SSSR count). The molecule has 118 valence electrons. The second kappa shape index (κ2) is 6.42. The van der Waals surface area contributed by atoms with Crippen molar-refractivity contribution in [3.05, 3.63) is 29.1 Å². The first-order chi connectivity index (χ1) is 9.90. The number of aryl methyl sites for hydroxylation is 1. The predicted molar refractivity (Wildman–Crippen MR) is 80.8 cm³/mol. The summed E-state index contributed by atoms with van der Waals surface area (Å²) in [5, 5.41) is 0. The van der Waals surface area contributed by atoms with Gasteiger partial charge in [-0.15, -0.1) is 0 Å². The zero-order valence-corrected chi connectivity index (χ0v) is 13.4. The van der Waals surface area contributed by atoms with Gasteiger partial charge in [0, 0.05) is 25.2 Å². The Labute approximate surface area is 126 Å². The van der Waals surface area contributed by atoms with Crippen molar-refractivity contribution in [3.63, 3.8) is 0 Å². The van der Waals surface area contributed by atoms with Crippen LogP contribution in [0.2, 0.25) is 0 Å². The fourth-order valence-corrected chi connectivity index (χ4v) is 4.28. The minimum atomic E-state index is -3.58. The Balaban J connectivity index is 2.34. The molecule has 0 bridgehead atoms. The van der Waals surface area contributed by atoms with Crippen LogP contribution in [0.5, 0.6) is 0 Å². The van der Waals surface area contributed by atoms with Crippen LogP contribution >= 0.6 is 0 Å². The lowest BCUT2D eigenvalue weighted by molar-refractivity contribution is 0.250. The smallest absolute Gasteiger partial charge is 0.243 e. The molecule has 0 aromatic heterocycles. The van der Waals surface area contributed by atoms with Gasteiger partial charge in [0.15, 0.2) is 0 Å². The summed E-state index contributed by atoms with van der Waals surface area (Å²) < 4.78 is 40.8. The number of halogens is 1. The third kappa shape index (κ3) is 3.27. The molecule has 4 nitrogen and oxygen atoms in total. The number of nitrogens with zero attached hydrogens (tertiary/aromatic N) is 1. The van der Waals surface area contributed by atoms with E-state index in [1.54, 1.807) is 6.92 Å². The Bertz CT molecular complexity index is 612. The monoisotopic (exact) mass is 314 g/mol. The summed E-state index contributed by atoms with van der Waals surface area (Å²) in [6, 6.07) is 2.76. The van der Waals surface area contributed by atoms with Gasteiger partial charge in [-0.3, -0.25) is 0 Å². The summed E-state index contributed by atoms with van der Waals surface area (Å²) in [6.45, 7) is 4.36. The fourth-order valence-electron chi connectivity index (χ4n) is 2.61. The number of sulfonamides is 1. The van der Waals surface area contributed by atoms with Gasteiger partial charge in [-0.1, -0.05) is 13.3 Å². The minimum absolute atomic E-state index is 0.00914. The summed E-state index contributed by atoms with van der Waals surface area (Å²) in [6.07, 6.45) is 3.35. The summed E-state index contributed by atoms with van der Waals surface area (Å²) in [4.78, 5) is 0.142. The number of nitrogens with two attached hydrogens (primary N) is 1. The van der Waals surface area contributed by atoms with Crippen molar-refractivity contribution in [1.82, 2.24) is 4.31 Å². The van der Waals surface area contributed by atoms with Gasteiger partial charge in [0.05, 0.1) is 4.90 Å². The molecular weight excluding hydrogens is 291 g/mol. The largest absolute Gasteiger partial charge is 0.326 e. The van der Waals surface area contributed by atoms with E-state index in [-0.39, 0.29) is 17.0 Å². The normalized spacial score (nSPS) is 16.2. The molecule has 0 amide bonds. The van der Waals surface area contributed by atoms with E-state index in [1.165, 1.54) is 22.9 Å². The van der Waals surface area contributed by atoms with Crippen LogP contribution in [0.15, 0.2) is 17.0 Å². The van der Waals surface area contributed by atoms with E-state index in [2.05, 4.69) is 0 Å². The molecule has 0 spiro atoms. The highest BCUT2D eigenvalue weighted by Crippen LogP contribution is 2.29. The molecule has 6 heteroatoms. The zero-order chi connectivity index (χ0) is 15.6. The van der Waals surface area contributed by atoms with Crippen molar-refractivity contribution in [1.29, 1.82) is 0 Å². The number of hydrogen-bond acceptors (Lipinski definition) is 3. The Morgan fingerprint density at radius 2 is 2.05 bits per heavy atom. The molecule has 0 unspecified atom stereocenters. The lowest BCUT2D eigenvalue weighted by atomic mass is 9.85. The van der Waals surface area contributed by atoms with E-state index in [0.717, 1.165) is 12.8 Å². The van der Waals surface area contributed by atoms with Gasteiger partial charge in [-0.2, -0.15) is 4.31 Å². The van der Waals surface area contributed by atoms with Crippen molar-refractivity contribution in [2.24, 2.45) is 11.7 Å². The van der Waals surface area contributed by atoms with Crippen LogP contribution in [0, 0.1) is 18.7 Å². The Morgan fingerprint density at radius 3 is 2.52 bits per heavy atom. The van der Waals surface area contributed by atoms with Gasteiger partial charge in [0.1, 0.15) is 5.82 Å². The number of benzene rings is 1. The topological polar surface area (TPSA) is 63.4 Å². The van der Waals surface area contributed by atoms with Crippen LogP contribution in [0.1, 0.15) is 37.3 Å². The van der Waals surface area contributed by atoms with Crippen molar-refractivity contribution in [3.8, 4) is 0 Å². The van der Waals surface area contributed by atoms with Crippen LogP contribution in [-0.2, 0) is 16.6 Å². The quantitative estimate of drug-likeness (QED) is 0.877. The van der Waals surface area contributed by atoms with Gasteiger partial charge < -0.3 is 5.73 Å². The Hall–Kier alpha value is -0.980. The average molecular weight is 314 g/mol. The van der Waals surface area contributed by atoms with Crippen molar-refractivity contribution >= 4 is 10.0 Å². The molecule has 0 heterocycles. The Kier molecular flexibility index (Phi) is 5.01. The molecule has 0 saturated heterocycles. The number of hydrogen-bond donors (Lipinski definition) is 1. The lowest BCUT2D eigenvalue weighted by Crippen LogP contribution is -2.37. The van der Waals surface area contributed by atoms with E-state index in [4.69, 9.17) is 5.73 Å². The molecular formula is C15H23FN2O2S. The van der Waals surface area contributed by atoms with Crippen LogP contribution < -0.4 is 5.73 Å². The molecule has 1 fully saturated rings. The second-order valence-electron chi connectivity index (χ2n) is 5.67. The van der Waals surface area contributed by atoms with Crippen molar-refractivity contribution < 1.29 is 12.8 Å². The maximum absolute atomic E-state index is 13.8. The molecule has 1 aliphatic rings. The molecule has 1 aromatic rings. The van der Waals surface area contributed by atoms with E-state index >= 15 is 0 Å². The first-order valence-electron chi connectivity index (χ1n) is 7.39. The fraction of sp³-hybridized carbons (Fsp3) is 0.600. The Morgan fingerprint density at radius 1 is 1.38 bits per heavy atom. The molecule has 1 saturated carbocycles. The predicted octanol–water partition coefficient (Wildman–Crippen LogP) is 2.40. The van der Waals surface area contributed by atoms with Crippen molar-refractivity contribution in [2.75, 3.05) is 13.1 Å². The van der Waals surface area contributed by atoms with Gasteiger partial charge in [0.25, 0.3) is 0 Å². The average Bonchev–Trinajstić information content (AvgIpc) is 2.40. The maximum atomic E-state index is 13.8. The molecule has 2 N–H and O–H groups in total. The molecule has 1 aliphatic carbocycles. The van der Waals surface area contributed by atoms with Crippen LogP contribution in [-0.4, -0.2) is 25.8 Å². The van der Waals surface area contributed by atoms with E-state index in [9.17, 15) is 12.8 Å². The third-order valence-corrected chi connectivity index (χ3v) is 6.12. The molecule has 1 aromatic carbocycles. The van der Waals surface area contributed by atoms with Crippen LogP contribution in [0.25, 0.3) is 0 Å². The summed E-state index contributed by atoms with van der Waals surface area (Å²) in [7, 11) is -3.58.